The maximum Gasteiger partial charge on any atom is 0.416 e. The SMILES string of the molecule is Cc1ccc(C)c(CSc2cn(CCNC(=O)c3cccc(C(F)(F)F)c3)c3ccccc23)c1. The minimum atomic E-state index is -4.48. The Kier molecular flexibility index (Phi) is 7.03. The fourth-order valence-electron chi connectivity index (χ4n) is 3.85. The Morgan fingerprint density at radius 1 is 1.00 bits per heavy atom. The van der Waals surface area contributed by atoms with Gasteiger partial charge in [-0.1, -0.05) is 48.0 Å². The number of halogens is 3. The number of aryl methyl sites for hydroxylation is 2. The standard InChI is InChI=1S/C27H25F3N2OS/c1-18-10-11-19(2)21(14-18)17-34-25-16-32(24-9-4-3-8-23(24)25)13-12-31-26(33)20-6-5-7-22(15-20)27(28,29)30/h3-11,14-16H,12-13,17H2,1-2H3,(H,31,33). The molecule has 0 aliphatic rings. The van der Waals surface area contributed by atoms with Crippen LogP contribution in [0.4, 0.5) is 13.2 Å². The van der Waals surface area contributed by atoms with Crippen molar-refractivity contribution >= 4 is 28.6 Å². The Bertz CT molecular complexity index is 1330. The van der Waals surface area contributed by atoms with E-state index in [2.05, 4.69) is 54.2 Å². The van der Waals surface area contributed by atoms with E-state index in [1.807, 2.05) is 18.2 Å². The highest BCUT2D eigenvalue weighted by Crippen LogP contribution is 2.33. The van der Waals surface area contributed by atoms with Crippen molar-refractivity contribution in [3.8, 4) is 0 Å². The van der Waals surface area contributed by atoms with Crippen LogP contribution in [0.15, 0.2) is 77.8 Å². The van der Waals surface area contributed by atoms with E-state index in [0.717, 1.165) is 33.7 Å². The second kappa shape index (κ2) is 9.97. The molecule has 0 saturated heterocycles. The van der Waals surface area contributed by atoms with Crippen molar-refractivity contribution in [2.45, 2.75) is 37.2 Å². The van der Waals surface area contributed by atoms with Crippen LogP contribution in [0.3, 0.4) is 0 Å². The van der Waals surface area contributed by atoms with E-state index in [1.165, 1.54) is 28.8 Å². The van der Waals surface area contributed by atoms with Crippen LogP contribution in [0.5, 0.6) is 0 Å². The lowest BCUT2D eigenvalue weighted by molar-refractivity contribution is -0.137. The van der Waals surface area contributed by atoms with Crippen LogP contribution >= 0.6 is 11.8 Å². The van der Waals surface area contributed by atoms with E-state index in [0.29, 0.717) is 13.1 Å². The van der Waals surface area contributed by atoms with Gasteiger partial charge in [-0.3, -0.25) is 4.79 Å². The molecule has 0 spiro atoms. The van der Waals surface area contributed by atoms with Gasteiger partial charge in [0.05, 0.1) is 5.56 Å². The third-order valence-electron chi connectivity index (χ3n) is 5.73. The third-order valence-corrected chi connectivity index (χ3v) is 6.82. The smallest absolute Gasteiger partial charge is 0.350 e. The quantitative estimate of drug-likeness (QED) is 0.288. The number of alkyl halides is 3. The number of para-hydroxylation sites is 1. The molecular formula is C27H25F3N2OS. The van der Waals surface area contributed by atoms with Crippen LogP contribution in [0.1, 0.15) is 32.6 Å². The van der Waals surface area contributed by atoms with E-state index in [-0.39, 0.29) is 5.56 Å². The van der Waals surface area contributed by atoms with Gasteiger partial charge in [0.15, 0.2) is 0 Å². The molecule has 0 aliphatic carbocycles. The summed E-state index contributed by atoms with van der Waals surface area (Å²) in [6.07, 6.45) is -2.40. The highest BCUT2D eigenvalue weighted by molar-refractivity contribution is 7.98. The summed E-state index contributed by atoms with van der Waals surface area (Å²) in [4.78, 5) is 13.6. The zero-order valence-electron chi connectivity index (χ0n) is 18.9. The zero-order valence-corrected chi connectivity index (χ0v) is 19.8. The van der Waals surface area contributed by atoms with Crippen LogP contribution < -0.4 is 5.32 Å². The molecule has 34 heavy (non-hydrogen) atoms. The first-order chi connectivity index (χ1) is 16.2. The average Bonchev–Trinajstić information content (AvgIpc) is 3.17. The third kappa shape index (κ3) is 5.47. The fraction of sp³-hybridized carbons (Fsp3) is 0.222. The molecule has 7 heteroatoms. The number of rotatable bonds is 7. The van der Waals surface area contributed by atoms with Gasteiger partial charge in [0.1, 0.15) is 0 Å². The first-order valence-electron chi connectivity index (χ1n) is 10.9. The lowest BCUT2D eigenvalue weighted by atomic mass is 10.1. The number of amides is 1. The molecule has 0 fully saturated rings. The minimum Gasteiger partial charge on any atom is -0.350 e. The maximum absolute atomic E-state index is 12.9. The average molecular weight is 483 g/mol. The second-order valence-corrected chi connectivity index (χ2v) is 9.27. The number of benzene rings is 3. The van der Waals surface area contributed by atoms with Crippen LogP contribution in [0.2, 0.25) is 0 Å². The summed E-state index contributed by atoms with van der Waals surface area (Å²) >= 11 is 1.77. The molecule has 4 rings (SSSR count). The highest BCUT2D eigenvalue weighted by Gasteiger charge is 2.30. The van der Waals surface area contributed by atoms with Crippen molar-refractivity contribution in [3.63, 3.8) is 0 Å². The summed E-state index contributed by atoms with van der Waals surface area (Å²) in [5.41, 5.74) is 4.02. The Hall–Kier alpha value is -3.19. The maximum atomic E-state index is 12.9. The number of thioether (sulfide) groups is 1. The Labute approximate surface area is 201 Å². The summed E-state index contributed by atoms with van der Waals surface area (Å²) < 4.78 is 40.9. The van der Waals surface area contributed by atoms with Crippen molar-refractivity contribution in [1.82, 2.24) is 9.88 Å². The van der Waals surface area contributed by atoms with E-state index < -0.39 is 17.6 Å². The zero-order chi connectivity index (χ0) is 24.3. The van der Waals surface area contributed by atoms with Crippen LogP contribution in [0, 0.1) is 13.8 Å². The number of nitrogens with zero attached hydrogens (tertiary/aromatic N) is 1. The number of carbonyl (C=O) groups excluding carboxylic acids is 1. The van der Waals surface area contributed by atoms with Gasteiger partial charge in [0.2, 0.25) is 0 Å². The molecule has 0 saturated carbocycles. The molecule has 3 nitrogen and oxygen atoms in total. The molecule has 0 unspecified atom stereocenters. The summed E-state index contributed by atoms with van der Waals surface area (Å²) in [5, 5.41) is 3.88. The molecule has 1 amide bonds. The number of aromatic nitrogens is 1. The van der Waals surface area contributed by atoms with E-state index in [4.69, 9.17) is 0 Å². The summed E-state index contributed by atoms with van der Waals surface area (Å²) in [6.45, 7) is 5.02. The highest BCUT2D eigenvalue weighted by atomic mass is 32.2. The van der Waals surface area contributed by atoms with Crippen molar-refractivity contribution < 1.29 is 18.0 Å². The van der Waals surface area contributed by atoms with Gasteiger partial charge >= 0.3 is 6.18 Å². The predicted octanol–water partition coefficient (Wildman–Crippen LogP) is 7.00. The largest absolute Gasteiger partial charge is 0.416 e. The minimum absolute atomic E-state index is 0.00282. The predicted molar refractivity (Wildman–Crippen MR) is 131 cm³/mol. The Morgan fingerprint density at radius 3 is 2.59 bits per heavy atom. The first kappa shape index (κ1) is 24.0. The monoisotopic (exact) mass is 482 g/mol. The van der Waals surface area contributed by atoms with Crippen LogP contribution in [-0.4, -0.2) is 17.0 Å². The first-order valence-corrected chi connectivity index (χ1v) is 11.9. The molecule has 0 aliphatic heterocycles. The van der Waals surface area contributed by atoms with Crippen molar-refractivity contribution in [2.75, 3.05) is 6.54 Å². The molecule has 4 aromatic rings. The van der Waals surface area contributed by atoms with Crippen LogP contribution in [-0.2, 0) is 18.5 Å². The van der Waals surface area contributed by atoms with Crippen molar-refractivity contribution in [2.24, 2.45) is 0 Å². The molecule has 1 aromatic heterocycles. The lowest BCUT2D eigenvalue weighted by Crippen LogP contribution is -2.27. The van der Waals surface area contributed by atoms with E-state index >= 15 is 0 Å². The topological polar surface area (TPSA) is 34.0 Å². The van der Waals surface area contributed by atoms with Crippen molar-refractivity contribution in [1.29, 1.82) is 0 Å². The van der Waals surface area contributed by atoms with Gasteiger partial charge in [0, 0.05) is 46.4 Å². The molecule has 0 radical (unpaired) electrons. The molecular weight excluding hydrogens is 457 g/mol. The van der Waals surface area contributed by atoms with Crippen molar-refractivity contribution in [3.05, 3.63) is 101 Å². The summed E-state index contributed by atoms with van der Waals surface area (Å²) in [5.74, 6) is 0.334. The molecule has 0 atom stereocenters. The van der Waals surface area contributed by atoms with Gasteiger partial charge in [0.25, 0.3) is 5.91 Å². The molecule has 176 valence electrons. The molecule has 1 heterocycles. The fourth-order valence-corrected chi connectivity index (χ4v) is 5.00. The number of hydrogen-bond acceptors (Lipinski definition) is 2. The normalized spacial score (nSPS) is 11.7. The number of nitrogens with one attached hydrogen (secondary N) is 1. The Balaban J connectivity index is 1.45. The van der Waals surface area contributed by atoms with E-state index in [9.17, 15) is 18.0 Å². The summed E-state index contributed by atoms with van der Waals surface area (Å²) in [7, 11) is 0. The van der Waals surface area contributed by atoms with Gasteiger partial charge in [-0.2, -0.15) is 13.2 Å². The van der Waals surface area contributed by atoms with Gasteiger partial charge in [-0.25, -0.2) is 0 Å². The number of hydrogen-bond donors (Lipinski definition) is 1. The molecule has 3 aromatic carbocycles. The lowest BCUT2D eigenvalue weighted by Gasteiger charge is -2.10. The number of carbonyl (C=O) groups is 1. The van der Waals surface area contributed by atoms with Gasteiger partial charge in [-0.15, -0.1) is 11.8 Å². The Morgan fingerprint density at radius 2 is 1.79 bits per heavy atom. The second-order valence-electron chi connectivity index (χ2n) is 8.26. The number of fused-ring (bicyclic) bond motifs is 1. The van der Waals surface area contributed by atoms with E-state index in [1.54, 1.807) is 11.8 Å². The van der Waals surface area contributed by atoms with Gasteiger partial charge in [-0.05, 0) is 49.2 Å². The van der Waals surface area contributed by atoms with Crippen LogP contribution in [0.25, 0.3) is 10.9 Å². The molecule has 1 N–H and O–H groups in total. The molecule has 0 bridgehead atoms. The summed E-state index contributed by atoms with van der Waals surface area (Å²) in [6, 6.07) is 19.0. The van der Waals surface area contributed by atoms with Gasteiger partial charge < -0.3 is 9.88 Å².